The summed E-state index contributed by atoms with van der Waals surface area (Å²) in [6.45, 7) is 3.86. The van der Waals surface area contributed by atoms with Crippen LogP contribution in [0.5, 0.6) is 11.5 Å². The molecule has 6 heteroatoms. The number of hydrogen-bond donors (Lipinski definition) is 1. The Morgan fingerprint density at radius 3 is 2.34 bits per heavy atom. The third-order valence-corrected chi connectivity index (χ3v) is 6.04. The molecule has 1 saturated heterocycles. The predicted octanol–water partition coefficient (Wildman–Crippen LogP) is 4.42. The van der Waals surface area contributed by atoms with Gasteiger partial charge >= 0.3 is 0 Å². The van der Waals surface area contributed by atoms with E-state index in [0.29, 0.717) is 30.0 Å². The molecule has 1 fully saturated rings. The Balaban J connectivity index is 1.51. The Morgan fingerprint density at radius 2 is 1.69 bits per heavy atom. The second-order valence-corrected chi connectivity index (χ2v) is 8.19. The number of carbonyl (C=O) groups excluding carboxylic acids is 1. The third-order valence-electron chi connectivity index (χ3n) is 5.30. The van der Waals surface area contributed by atoms with Crippen LogP contribution in [0, 0.1) is 0 Å². The van der Waals surface area contributed by atoms with Gasteiger partial charge in [0, 0.05) is 23.1 Å². The fraction of sp³-hybridized carbons (Fsp3) is 0.435. The van der Waals surface area contributed by atoms with Gasteiger partial charge in [0.15, 0.2) is 11.5 Å². The summed E-state index contributed by atoms with van der Waals surface area (Å²) < 4.78 is 11.6. The monoisotopic (exact) mass is 460 g/mol. The molecule has 0 radical (unpaired) electrons. The topological polar surface area (TPSA) is 50.8 Å². The molecule has 0 aromatic heterocycles. The van der Waals surface area contributed by atoms with E-state index in [1.165, 1.54) is 37.9 Å². The largest absolute Gasteiger partial charge is 0.493 e. The van der Waals surface area contributed by atoms with Crippen molar-refractivity contribution in [1.82, 2.24) is 10.2 Å². The molecule has 1 aliphatic heterocycles. The summed E-state index contributed by atoms with van der Waals surface area (Å²) in [6, 6.07) is 11.8. The average Bonchev–Trinajstić information content (AvgIpc) is 2.75. The van der Waals surface area contributed by atoms with E-state index in [1.807, 2.05) is 24.3 Å². The van der Waals surface area contributed by atoms with Gasteiger partial charge in [-0.05, 0) is 67.7 Å². The first-order chi connectivity index (χ1) is 14.1. The second-order valence-electron chi connectivity index (χ2n) is 7.34. The summed E-state index contributed by atoms with van der Waals surface area (Å²) >= 11 is 3.56. The summed E-state index contributed by atoms with van der Waals surface area (Å²) in [5.74, 6) is 1.31. The lowest BCUT2D eigenvalue weighted by molar-refractivity contribution is 0.0954. The van der Waals surface area contributed by atoms with Crippen molar-refractivity contribution in [3.05, 3.63) is 57.6 Å². The van der Waals surface area contributed by atoms with Crippen LogP contribution >= 0.6 is 15.9 Å². The number of methoxy groups -OCH3 is 2. The number of piperidine rings is 1. The standard InChI is InChI=1S/C23H29BrN2O3/c1-28-21-14-19(20(24)15-22(21)29-2)10-11-25-23(27)18-8-6-17(7-9-18)16-26-12-4-3-5-13-26/h6-9,14-15H,3-5,10-13,16H2,1-2H3,(H,25,27). The van der Waals surface area contributed by atoms with Crippen molar-refractivity contribution >= 4 is 21.8 Å². The molecule has 2 aromatic carbocycles. The van der Waals surface area contributed by atoms with Gasteiger partial charge in [-0.3, -0.25) is 9.69 Å². The molecule has 2 aromatic rings. The fourth-order valence-electron chi connectivity index (χ4n) is 3.64. The van der Waals surface area contributed by atoms with Gasteiger partial charge in [0.25, 0.3) is 5.91 Å². The molecule has 0 atom stereocenters. The highest BCUT2D eigenvalue weighted by atomic mass is 79.9. The van der Waals surface area contributed by atoms with Gasteiger partial charge in [0.05, 0.1) is 14.2 Å². The molecule has 29 heavy (non-hydrogen) atoms. The summed E-state index contributed by atoms with van der Waals surface area (Å²) in [6.07, 6.45) is 4.61. The summed E-state index contributed by atoms with van der Waals surface area (Å²) in [7, 11) is 3.23. The smallest absolute Gasteiger partial charge is 0.251 e. The lowest BCUT2D eigenvalue weighted by Crippen LogP contribution is -2.29. The second kappa shape index (κ2) is 10.6. The first-order valence-corrected chi connectivity index (χ1v) is 10.9. The van der Waals surface area contributed by atoms with Crippen molar-refractivity contribution in [3.63, 3.8) is 0 Å². The fourth-order valence-corrected chi connectivity index (χ4v) is 4.16. The maximum atomic E-state index is 12.5. The van der Waals surface area contributed by atoms with Crippen LogP contribution in [-0.2, 0) is 13.0 Å². The van der Waals surface area contributed by atoms with Crippen LogP contribution in [0.2, 0.25) is 0 Å². The van der Waals surface area contributed by atoms with Crippen LogP contribution in [0.15, 0.2) is 40.9 Å². The molecule has 156 valence electrons. The Kier molecular flexibility index (Phi) is 7.95. The van der Waals surface area contributed by atoms with Crippen LogP contribution in [0.3, 0.4) is 0 Å². The molecule has 1 amide bonds. The highest BCUT2D eigenvalue weighted by Crippen LogP contribution is 2.33. The number of ether oxygens (including phenoxy) is 2. The Bertz CT molecular complexity index is 818. The maximum absolute atomic E-state index is 12.5. The van der Waals surface area contributed by atoms with Crippen LogP contribution in [0.25, 0.3) is 0 Å². The van der Waals surface area contributed by atoms with E-state index in [2.05, 4.69) is 38.3 Å². The lowest BCUT2D eigenvalue weighted by atomic mass is 10.1. The van der Waals surface area contributed by atoms with E-state index in [0.717, 1.165) is 16.6 Å². The molecule has 0 aliphatic carbocycles. The molecule has 0 spiro atoms. The normalized spacial score (nSPS) is 14.4. The molecule has 0 unspecified atom stereocenters. The molecule has 0 saturated carbocycles. The van der Waals surface area contributed by atoms with Gasteiger partial charge < -0.3 is 14.8 Å². The summed E-state index contributed by atoms with van der Waals surface area (Å²) in [5, 5.41) is 3.00. The van der Waals surface area contributed by atoms with Crippen molar-refractivity contribution in [3.8, 4) is 11.5 Å². The number of halogens is 1. The number of carbonyl (C=O) groups is 1. The molecule has 1 aliphatic rings. The summed E-state index contributed by atoms with van der Waals surface area (Å²) in [5.41, 5.74) is 3.01. The zero-order valence-electron chi connectivity index (χ0n) is 17.2. The minimum atomic E-state index is -0.0499. The molecule has 3 rings (SSSR count). The number of likely N-dealkylation sites (tertiary alicyclic amines) is 1. The highest BCUT2D eigenvalue weighted by Gasteiger charge is 2.12. The molecule has 5 nitrogen and oxygen atoms in total. The minimum Gasteiger partial charge on any atom is -0.493 e. The number of rotatable bonds is 8. The summed E-state index contributed by atoms with van der Waals surface area (Å²) in [4.78, 5) is 15.0. The number of nitrogens with zero attached hydrogens (tertiary/aromatic N) is 1. The van der Waals surface area contributed by atoms with Gasteiger partial charge in [0.1, 0.15) is 0 Å². The highest BCUT2D eigenvalue weighted by molar-refractivity contribution is 9.10. The van der Waals surface area contributed by atoms with Crippen LogP contribution in [0.4, 0.5) is 0 Å². The first kappa shape index (κ1) is 21.7. The van der Waals surface area contributed by atoms with Gasteiger partial charge in [-0.2, -0.15) is 0 Å². The minimum absolute atomic E-state index is 0.0499. The maximum Gasteiger partial charge on any atom is 0.251 e. The quantitative estimate of drug-likeness (QED) is 0.632. The number of nitrogens with one attached hydrogen (secondary N) is 1. The van der Waals surface area contributed by atoms with Crippen molar-refractivity contribution in [2.75, 3.05) is 33.9 Å². The molecular formula is C23H29BrN2O3. The van der Waals surface area contributed by atoms with Gasteiger partial charge in [0.2, 0.25) is 0 Å². The zero-order chi connectivity index (χ0) is 20.6. The van der Waals surface area contributed by atoms with E-state index in [1.54, 1.807) is 14.2 Å². The van der Waals surface area contributed by atoms with Gasteiger partial charge in [-0.25, -0.2) is 0 Å². The van der Waals surface area contributed by atoms with E-state index in [-0.39, 0.29) is 5.91 Å². The van der Waals surface area contributed by atoms with Crippen LogP contribution in [-0.4, -0.2) is 44.7 Å². The van der Waals surface area contributed by atoms with Crippen molar-refractivity contribution < 1.29 is 14.3 Å². The first-order valence-electron chi connectivity index (χ1n) is 10.1. The van der Waals surface area contributed by atoms with E-state index in [4.69, 9.17) is 9.47 Å². The molecule has 1 heterocycles. The third kappa shape index (κ3) is 5.97. The number of hydrogen-bond acceptors (Lipinski definition) is 4. The molecule has 0 bridgehead atoms. The SMILES string of the molecule is COc1cc(Br)c(CCNC(=O)c2ccc(CN3CCCCC3)cc2)cc1OC. The number of amides is 1. The Morgan fingerprint density at radius 1 is 1.03 bits per heavy atom. The molecular weight excluding hydrogens is 432 g/mol. The number of benzene rings is 2. The van der Waals surface area contributed by atoms with E-state index < -0.39 is 0 Å². The van der Waals surface area contributed by atoms with Gasteiger partial charge in [-0.1, -0.05) is 34.5 Å². The van der Waals surface area contributed by atoms with Gasteiger partial charge in [-0.15, -0.1) is 0 Å². The Hall–Kier alpha value is -2.05. The molecule has 1 N–H and O–H groups in total. The average molecular weight is 461 g/mol. The van der Waals surface area contributed by atoms with E-state index in [9.17, 15) is 4.79 Å². The van der Waals surface area contributed by atoms with Crippen LogP contribution in [0.1, 0.15) is 40.7 Å². The Labute approximate surface area is 181 Å². The van der Waals surface area contributed by atoms with E-state index >= 15 is 0 Å². The van der Waals surface area contributed by atoms with Crippen molar-refractivity contribution in [1.29, 1.82) is 0 Å². The zero-order valence-corrected chi connectivity index (χ0v) is 18.8. The van der Waals surface area contributed by atoms with Crippen molar-refractivity contribution in [2.24, 2.45) is 0 Å². The lowest BCUT2D eigenvalue weighted by Gasteiger charge is -2.26. The predicted molar refractivity (Wildman–Crippen MR) is 119 cm³/mol. The van der Waals surface area contributed by atoms with Crippen LogP contribution < -0.4 is 14.8 Å². The van der Waals surface area contributed by atoms with Crippen molar-refractivity contribution in [2.45, 2.75) is 32.2 Å².